The Morgan fingerprint density at radius 1 is 1.15 bits per heavy atom. The first-order valence-corrected chi connectivity index (χ1v) is 9.20. The van der Waals surface area contributed by atoms with E-state index in [4.69, 9.17) is 4.98 Å². The molecule has 1 N–H and O–H groups in total. The van der Waals surface area contributed by atoms with Gasteiger partial charge in [-0.25, -0.2) is 14.1 Å². The third-order valence-electron chi connectivity index (χ3n) is 4.87. The number of hydrogen-bond acceptors (Lipinski definition) is 3. The highest BCUT2D eigenvalue weighted by Gasteiger charge is 2.25. The van der Waals surface area contributed by atoms with Crippen LogP contribution >= 0.6 is 0 Å². The SMILES string of the molecule is O=C1CCC(c2nc(-c3cccc(F)c3)nn2CCc2ccccc2)CN1. The van der Waals surface area contributed by atoms with Crippen LogP contribution in [-0.4, -0.2) is 27.2 Å². The fourth-order valence-corrected chi connectivity index (χ4v) is 3.40. The molecule has 1 aliphatic heterocycles. The number of aromatic nitrogens is 3. The lowest BCUT2D eigenvalue weighted by atomic mass is 9.98. The first-order valence-electron chi connectivity index (χ1n) is 9.20. The maximum absolute atomic E-state index is 13.6. The maximum Gasteiger partial charge on any atom is 0.220 e. The molecule has 1 aromatic heterocycles. The normalized spacial score (nSPS) is 16.9. The van der Waals surface area contributed by atoms with E-state index in [-0.39, 0.29) is 17.6 Å². The third kappa shape index (κ3) is 4.05. The number of amides is 1. The predicted octanol–water partition coefficient (Wildman–Crippen LogP) is 3.32. The molecular formula is C21H21FN4O. The highest BCUT2D eigenvalue weighted by atomic mass is 19.1. The van der Waals surface area contributed by atoms with Gasteiger partial charge >= 0.3 is 0 Å². The molecule has 1 saturated heterocycles. The van der Waals surface area contributed by atoms with Crippen molar-refractivity contribution in [2.24, 2.45) is 0 Å². The van der Waals surface area contributed by atoms with E-state index in [0.29, 0.717) is 30.9 Å². The van der Waals surface area contributed by atoms with Gasteiger partial charge in [0.1, 0.15) is 11.6 Å². The van der Waals surface area contributed by atoms with Crippen molar-refractivity contribution in [2.75, 3.05) is 6.54 Å². The molecule has 0 spiro atoms. The van der Waals surface area contributed by atoms with Gasteiger partial charge < -0.3 is 5.32 Å². The Labute approximate surface area is 157 Å². The summed E-state index contributed by atoms with van der Waals surface area (Å²) >= 11 is 0. The van der Waals surface area contributed by atoms with E-state index in [0.717, 1.165) is 18.7 Å². The van der Waals surface area contributed by atoms with Gasteiger partial charge in [-0.05, 0) is 30.5 Å². The number of aryl methyl sites for hydroxylation is 2. The fraction of sp³-hybridized carbons (Fsp3) is 0.286. The first-order chi connectivity index (χ1) is 13.2. The van der Waals surface area contributed by atoms with Gasteiger partial charge in [-0.3, -0.25) is 4.79 Å². The molecule has 1 aliphatic rings. The van der Waals surface area contributed by atoms with Crippen LogP contribution in [0.5, 0.6) is 0 Å². The minimum absolute atomic E-state index is 0.0759. The molecule has 0 bridgehead atoms. The minimum atomic E-state index is -0.306. The van der Waals surface area contributed by atoms with E-state index in [1.54, 1.807) is 6.07 Å². The standard InChI is InChI=1S/C21H21FN4O/c22-18-8-4-7-16(13-18)20-24-21(17-9-10-19(27)23-14-17)26(25-20)12-11-15-5-2-1-3-6-15/h1-8,13,17H,9-12,14H2,(H,23,27). The Hall–Kier alpha value is -3.02. The molecule has 3 aromatic rings. The van der Waals surface area contributed by atoms with Crippen molar-refractivity contribution >= 4 is 5.91 Å². The summed E-state index contributed by atoms with van der Waals surface area (Å²) in [7, 11) is 0. The van der Waals surface area contributed by atoms with Gasteiger partial charge in [0.2, 0.25) is 5.91 Å². The lowest BCUT2D eigenvalue weighted by Crippen LogP contribution is -2.35. The Morgan fingerprint density at radius 2 is 2.00 bits per heavy atom. The molecule has 0 saturated carbocycles. The van der Waals surface area contributed by atoms with Crippen LogP contribution < -0.4 is 5.32 Å². The lowest BCUT2D eigenvalue weighted by molar-refractivity contribution is -0.122. The number of hydrogen-bond donors (Lipinski definition) is 1. The van der Waals surface area contributed by atoms with Crippen LogP contribution in [0.2, 0.25) is 0 Å². The molecule has 2 heterocycles. The minimum Gasteiger partial charge on any atom is -0.355 e. The van der Waals surface area contributed by atoms with Gasteiger partial charge in [0, 0.05) is 31.0 Å². The largest absolute Gasteiger partial charge is 0.355 e. The monoisotopic (exact) mass is 364 g/mol. The zero-order valence-corrected chi connectivity index (χ0v) is 14.9. The molecule has 4 rings (SSSR count). The Kier molecular flexibility index (Phi) is 4.96. The van der Waals surface area contributed by atoms with Crippen LogP contribution in [0, 0.1) is 5.82 Å². The molecule has 6 heteroatoms. The van der Waals surface area contributed by atoms with E-state index in [1.807, 2.05) is 28.9 Å². The predicted molar refractivity (Wildman–Crippen MR) is 101 cm³/mol. The zero-order valence-electron chi connectivity index (χ0n) is 14.9. The summed E-state index contributed by atoms with van der Waals surface area (Å²) in [6.45, 7) is 1.25. The summed E-state index contributed by atoms with van der Waals surface area (Å²) in [4.78, 5) is 16.2. The highest BCUT2D eigenvalue weighted by molar-refractivity contribution is 5.76. The molecule has 2 aromatic carbocycles. The molecule has 138 valence electrons. The maximum atomic E-state index is 13.6. The number of carbonyl (C=O) groups is 1. The van der Waals surface area contributed by atoms with Gasteiger partial charge in [0.15, 0.2) is 5.82 Å². The van der Waals surface area contributed by atoms with E-state index in [1.165, 1.54) is 17.7 Å². The summed E-state index contributed by atoms with van der Waals surface area (Å²) in [5, 5.41) is 7.57. The van der Waals surface area contributed by atoms with Gasteiger partial charge in [-0.15, -0.1) is 0 Å². The fourth-order valence-electron chi connectivity index (χ4n) is 3.40. The second-order valence-corrected chi connectivity index (χ2v) is 6.80. The van der Waals surface area contributed by atoms with Gasteiger partial charge in [0.05, 0.1) is 0 Å². The average Bonchev–Trinajstić information content (AvgIpc) is 3.12. The van der Waals surface area contributed by atoms with Gasteiger partial charge in [-0.1, -0.05) is 42.5 Å². The lowest BCUT2D eigenvalue weighted by Gasteiger charge is -2.22. The Morgan fingerprint density at radius 3 is 2.74 bits per heavy atom. The molecule has 0 aliphatic carbocycles. The molecule has 5 nitrogen and oxygen atoms in total. The van der Waals surface area contributed by atoms with Crippen LogP contribution in [0.25, 0.3) is 11.4 Å². The molecule has 1 amide bonds. The summed E-state index contributed by atoms with van der Waals surface area (Å²) in [6.07, 6.45) is 2.07. The second-order valence-electron chi connectivity index (χ2n) is 6.80. The summed E-state index contributed by atoms with van der Waals surface area (Å²) in [6, 6.07) is 16.5. The summed E-state index contributed by atoms with van der Waals surface area (Å²) in [5.41, 5.74) is 1.89. The van der Waals surface area contributed by atoms with Crippen molar-refractivity contribution in [2.45, 2.75) is 31.7 Å². The number of piperidine rings is 1. The van der Waals surface area contributed by atoms with Crippen LogP contribution in [0.4, 0.5) is 4.39 Å². The molecule has 0 radical (unpaired) electrons. The van der Waals surface area contributed by atoms with E-state index in [2.05, 4.69) is 22.5 Å². The second kappa shape index (κ2) is 7.70. The van der Waals surface area contributed by atoms with E-state index in [9.17, 15) is 9.18 Å². The van der Waals surface area contributed by atoms with Crippen LogP contribution in [0.3, 0.4) is 0 Å². The van der Waals surface area contributed by atoms with Crippen molar-refractivity contribution in [1.82, 2.24) is 20.1 Å². The number of nitrogens with one attached hydrogen (secondary N) is 1. The Balaban J connectivity index is 1.63. The van der Waals surface area contributed by atoms with Crippen molar-refractivity contribution in [3.63, 3.8) is 0 Å². The van der Waals surface area contributed by atoms with Crippen molar-refractivity contribution in [3.05, 3.63) is 71.8 Å². The van der Waals surface area contributed by atoms with Gasteiger partial charge in [-0.2, -0.15) is 5.10 Å². The third-order valence-corrected chi connectivity index (χ3v) is 4.87. The zero-order chi connectivity index (χ0) is 18.6. The molecule has 1 fully saturated rings. The quantitative estimate of drug-likeness (QED) is 0.756. The molecule has 27 heavy (non-hydrogen) atoms. The smallest absolute Gasteiger partial charge is 0.220 e. The van der Waals surface area contributed by atoms with Gasteiger partial charge in [0.25, 0.3) is 0 Å². The highest BCUT2D eigenvalue weighted by Crippen LogP contribution is 2.25. The average molecular weight is 364 g/mol. The molecule has 1 unspecified atom stereocenters. The van der Waals surface area contributed by atoms with Crippen LogP contribution in [0.15, 0.2) is 54.6 Å². The van der Waals surface area contributed by atoms with E-state index >= 15 is 0 Å². The summed E-state index contributed by atoms with van der Waals surface area (Å²) < 4.78 is 15.5. The summed E-state index contributed by atoms with van der Waals surface area (Å²) in [5.74, 6) is 1.26. The number of halogens is 1. The Bertz CT molecular complexity index is 928. The van der Waals surface area contributed by atoms with E-state index < -0.39 is 0 Å². The van der Waals surface area contributed by atoms with Crippen molar-refractivity contribution in [1.29, 1.82) is 0 Å². The number of carbonyl (C=O) groups excluding carboxylic acids is 1. The van der Waals surface area contributed by atoms with Crippen molar-refractivity contribution < 1.29 is 9.18 Å². The van der Waals surface area contributed by atoms with Crippen LogP contribution in [-0.2, 0) is 17.8 Å². The number of nitrogens with zero attached hydrogens (tertiary/aromatic N) is 3. The number of benzene rings is 2. The first kappa shape index (κ1) is 17.4. The van der Waals surface area contributed by atoms with Crippen LogP contribution in [0.1, 0.15) is 30.1 Å². The topological polar surface area (TPSA) is 59.8 Å². The molecule has 1 atom stereocenters. The van der Waals surface area contributed by atoms with Crippen molar-refractivity contribution in [3.8, 4) is 11.4 Å². The number of rotatable bonds is 5. The molecular weight excluding hydrogens is 343 g/mol.